The summed E-state index contributed by atoms with van der Waals surface area (Å²) in [7, 11) is 0. The van der Waals surface area contributed by atoms with Crippen LogP contribution in [-0.2, 0) is 19.1 Å². The highest BCUT2D eigenvalue weighted by molar-refractivity contribution is 5.86. The summed E-state index contributed by atoms with van der Waals surface area (Å²) < 4.78 is 11.1. The Hall–Kier alpha value is -3.39. The maximum Gasteiger partial charge on any atom is 0.407 e. The Bertz CT molecular complexity index is 1060. The Morgan fingerprint density at radius 1 is 1.06 bits per heavy atom. The molecule has 1 aliphatic heterocycles. The molecule has 186 valence electrons. The highest BCUT2D eigenvalue weighted by Gasteiger charge is 2.36. The predicted octanol–water partition coefficient (Wildman–Crippen LogP) is 3.55. The van der Waals surface area contributed by atoms with E-state index in [9.17, 15) is 14.4 Å². The van der Waals surface area contributed by atoms with Crippen molar-refractivity contribution in [3.8, 4) is 11.1 Å². The summed E-state index contributed by atoms with van der Waals surface area (Å²) in [6, 6.07) is 15.3. The quantitative estimate of drug-likeness (QED) is 0.559. The van der Waals surface area contributed by atoms with Crippen molar-refractivity contribution in [3.63, 3.8) is 0 Å². The van der Waals surface area contributed by atoms with Crippen LogP contribution in [0.5, 0.6) is 0 Å². The second-order valence-electron chi connectivity index (χ2n) is 10.2. The van der Waals surface area contributed by atoms with Crippen LogP contribution in [0.4, 0.5) is 4.79 Å². The predicted molar refractivity (Wildman–Crippen MR) is 130 cm³/mol. The summed E-state index contributed by atoms with van der Waals surface area (Å²) in [5, 5.41) is 14.6. The molecule has 3 atom stereocenters. The van der Waals surface area contributed by atoms with E-state index in [0.29, 0.717) is 6.42 Å². The molecule has 35 heavy (non-hydrogen) atoms. The molecule has 0 radical (unpaired) electrons. The third kappa shape index (κ3) is 5.48. The van der Waals surface area contributed by atoms with Crippen LogP contribution in [0, 0.1) is 11.3 Å². The number of amides is 2. The number of nitrogens with one attached hydrogen (secondary N) is 2. The zero-order chi connectivity index (χ0) is 25.2. The van der Waals surface area contributed by atoms with Crippen molar-refractivity contribution in [2.24, 2.45) is 11.3 Å². The molecule has 2 aromatic rings. The van der Waals surface area contributed by atoms with Gasteiger partial charge in [-0.05, 0) is 34.1 Å². The van der Waals surface area contributed by atoms with Gasteiger partial charge in [-0.3, -0.25) is 9.59 Å². The highest BCUT2D eigenvalue weighted by atomic mass is 16.5. The zero-order valence-electron chi connectivity index (χ0n) is 20.2. The van der Waals surface area contributed by atoms with Gasteiger partial charge in [0.15, 0.2) is 0 Å². The molecule has 8 nitrogen and oxygen atoms in total. The van der Waals surface area contributed by atoms with Crippen LogP contribution in [0.1, 0.15) is 44.2 Å². The molecule has 2 amide bonds. The summed E-state index contributed by atoms with van der Waals surface area (Å²) in [6.07, 6.45) is -0.685. The fourth-order valence-corrected chi connectivity index (χ4v) is 4.77. The number of hydrogen-bond acceptors (Lipinski definition) is 5. The van der Waals surface area contributed by atoms with E-state index in [2.05, 4.69) is 22.8 Å². The lowest BCUT2D eigenvalue weighted by Gasteiger charge is -2.30. The number of alkyl carbamates (subject to hydrolysis) is 1. The molecule has 2 aromatic carbocycles. The molecule has 0 bridgehead atoms. The lowest BCUT2D eigenvalue weighted by molar-refractivity contribution is -0.141. The molecule has 0 aromatic heterocycles. The largest absolute Gasteiger partial charge is 0.481 e. The number of benzene rings is 2. The molecule has 2 aliphatic rings. The molecular weight excluding hydrogens is 448 g/mol. The molecule has 0 saturated carbocycles. The van der Waals surface area contributed by atoms with Crippen LogP contribution in [0.2, 0.25) is 0 Å². The van der Waals surface area contributed by atoms with Crippen molar-refractivity contribution in [3.05, 3.63) is 59.7 Å². The molecule has 4 rings (SSSR count). The number of hydrogen-bond donors (Lipinski definition) is 3. The molecule has 3 N–H and O–H groups in total. The molecule has 8 heteroatoms. The van der Waals surface area contributed by atoms with Crippen molar-refractivity contribution >= 4 is 18.0 Å². The van der Waals surface area contributed by atoms with Gasteiger partial charge in [-0.25, -0.2) is 4.79 Å². The van der Waals surface area contributed by atoms with Gasteiger partial charge in [0.2, 0.25) is 5.91 Å². The van der Waals surface area contributed by atoms with Crippen molar-refractivity contribution in [1.29, 1.82) is 0 Å². The second kappa shape index (κ2) is 10.1. The third-order valence-electron chi connectivity index (χ3n) is 6.67. The standard InChI is InChI=1S/C27H32N2O6/c1-27(2,3)23(24(30)28-13-17-12-16(14-34-17)25(31)32)29-26(33)35-15-22-20-10-6-4-8-18(20)19-9-5-7-11-21(19)22/h4-11,16-17,22-23H,12-15H2,1-3H3,(H,28,30)(H,29,33)(H,31,32)/t16?,17?,23-/m1/s1. The number of carboxylic acids is 1. The number of rotatable bonds is 7. The monoisotopic (exact) mass is 480 g/mol. The van der Waals surface area contributed by atoms with Crippen LogP contribution < -0.4 is 10.6 Å². The molecule has 2 unspecified atom stereocenters. The van der Waals surface area contributed by atoms with E-state index < -0.39 is 29.4 Å². The number of carboxylic acid groups (broad SMARTS) is 1. The van der Waals surface area contributed by atoms with Crippen molar-refractivity contribution in [2.75, 3.05) is 19.8 Å². The van der Waals surface area contributed by atoms with Crippen molar-refractivity contribution < 1.29 is 29.0 Å². The first-order valence-electron chi connectivity index (χ1n) is 11.9. The Balaban J connectivity index is 1.35. The molecule has 1 saturated heterocycles. The smallest absolute Gasteiger partial charge is 0.407 e. The van der Waals surface area contributed by atoms with Gasteiger partial charge in [-0.15, -0.1) is 0 Å². The first kappa shape index (κ1) is 24.7. The lowest BCUT2D eigenvalue weighted by atomic mass is 9.86. The maximum atomic E-state index is 12.9. The van der Waals surface area contributed by atoms with Crippen LogP contribution in [0.15, 0.2) is 48.5 Å². The summed E-state index contributed by atoms with van der Waals surface area (Å²) >= 11 is 0. The average Bonchev–Trinajstić information content (AvgIpc) is 3.42. The first-order chi connectivity index (χ1) is 16.6. The fourth-order valence-electron chi connectivity index (χ4n) is 4.77. The van der Waals surface area contributed by atoms with Gasteiger partial charge < -0.3 is 25.2 Å². The summed E-state index contributed by atoms with van der Waals surface area (Å²) in [4.78, 5) is 36.8. The minimum atomic E-state index is -0.900. The van der Waals surface area contributed by atoms with Gasteiger partial charge >= 0.3 is 12.1 Å². The first-order valence-corrected chi connectivity index (χ1v) is 11.9. The highest BCUT2D eigenvalue weighted by Crippen LogP contribution is 2.44. The van der Waals surface area contributed by atoms with Crippen molar-refractivity contribution in [2.45, 2.75) is 45.3 Å². The maximum absolute atomic E-state index is 12.9. The van der Waals surface area contributed by atoms with Gasteiger partial charge in [-0.2, -0.15) is 0 Å². The van der Waals surface area contributed by atoms with Gasteiger partial charge in [0.25, 0.3) is 0 Å². The molecule has 0 spiro atoms. The van der Waals surface area contributed by atoms with Crippen LogP contribution in [0.3, 0.4) is 0 Å². The van der Waals surface area contributed by atoms with E-state index in [1.807, 2.05) is 57.2 Å². The average molecular weight is 481 g/mol. The number of carbonyl (C=O) groups is 3. The van der Waals surface area contributed by atoms with E-state index >= 15 is 0 Å². The van der Waals surface area contributed by atoms with Crippen molar-refractivity contribution in [1.82, 2.24) is 10.6 Å². The number of fused-ring (bicyclic) bond motifs is 3. The Morgan fingerprint density at radius 2 is 1.66 bits per heavy atom. The summed E-state index contributed by atoms with van der Waals surface area (Å²) in [6.45, 7) is 6.04. The minimum Gasteiger partial charge on any atom is -0.481 e. The number of ether oxygens (including phenoxy) is 2. The van der Waals surface area contributed by atoms with Crippen LogP contribution >= 0.6 is 0 Å². The molecule has 1 heterocycles. The SMILES string of the molecule is CC(C)(C)[C@H](NC(=O)OCC1c2ccccc2-c2ccccc21)C(=O)NCC1CC(C(=O)O)CO1. The minimum absolute atomic E-state index is 0.0724. The summed E-state index contributed by atoms with van der Waals surface area (Å²) in [5.41, 5.74) is 3.94. The number of aliphatic carboxylic acids is 1. The van der Waals surface area contributed by atoms with Crippen LogP contribution in [-0.4, -0.2) is 55.0 Å². The van der Waals surface area contributed by atoms with E-state index in [1.54, 1.807) is 0 Å². The lowest BCUT2D eigenvalue weighted by Crippen LogP contribution is -2.54. The van der Waals surface area contributed by atoms with Gasteiger partial charge in [0, 0.05) is 12.5 Å². The molecule has 1 fully saturated rings. The van der Waals surface area contributed by atoms with E-state index in [1.165, 1.54) is 0 Å². The van der Waals surface area contributed by atoms with Crippen LogP contribution in [0.25, 0.3) is 11.1 Å². The van der Waals surface area contributed by atoms with Gasteiger partial charge in [0.05, 0.1) is 18.6 Å². The number of carbonyl (C=O) groups excluding carboxylic acids is 2. The Kier molecular flexibility index (Phi) is 7.12. The fraction of sp³-hybridized carbons (Fsp3) is 0.444. The van der Waals surface area contributed by atoms with E-state index in [-0.39, 0.29) is 37.7 Å². The topological polar surface area (TPSA) is 114 Å². The van der Waals surface area contributed by atoms with Gasteiger partial charge in [-0.1, -0.05) is 69.3 Å². The van der Waals surface area contributed by atoms with Gasteiger partial charge in [0.1, 0.15) is 12.6 Å². The molecule has 1 aliphatic carbocycles. The Labute approximate surface area is 205 Å². The normalized spacial score (nSPS) is 20.0. The van der Waals surface area contributed by atoms with E-state index in [4.69, 9.17) is 14.6 Å². The molecular formula is C27H32N2O6. The third-order valence-corrected chi connectivity index (χ3v) is 6.67. The Morgan fingerprint density at radius 3 is 2.20 bits per heavy atom. The van der Waals surface area contributed by atoms with E-state index in [0.717, 1.165) is 22.3 Å². The second-order valence-corrected chi connectivity index (χ2v) is 10.2. The zero-order valence-corrected chi connectivity index (χ0v) is 20.2. The summed E-state index contributed by atoms with van der Waals surface area (Å²) in [5.74, 6) is -1.90.